The van der Waals surface area contributed by atoms with Crippen molar-refractivity contribution >= 4 is 11.8 Å². The number of carbonyl (C=O) groups excluding carboxylic acids is 2. The summed E-state index contributed by atoms with van der Waals surface area (Å²) in [4.78, 5) is 24.7. The van der Waals surface area contributed by atoms with E-state index in [-0.39, 0.29) is 0 Å². The normalized spacial score (nSPS) is 50.8. The van der Waals surface area contributed by atoms with Crippen LogP contribution in [0.3, 0.4) is 0 Å². The highest BCUT2D eigenvalue weighted by Gasteiger charge is 2.57. The fourth-order valence-electron chi connectivity index (χ4n) is 7.64. The predicted octanol–water partition coefficient (Wildman–Crippen LogP) is -8.55. The molecule has 25 heteroatoms. The van der Waals surface area contributed by atoms with E-state index in [0.717, 1.165) is 13.8 Å². The first-order valence-electron chi connectivity index (χ1n) is 19.2. The quantitative estimate of drug-likeness (QED) is 0.0866. The van der Waals surface area contributed by atoms with Gasteiger partial charge in [0.15, 0.2) is 31.5 Å². The van der Waals surface area contributed by atoms with Crippen molar-refractivity contribution in [3.63, 3.8) is 0 Å². The molecule has 5 saturated heterocycles. The second-order valence-electron chi connectivity index (χ2n) is 15.4. The Bertz CT molecular complexity index is 1370. The van der Waals surface area contributed by atoms with Gasteiger partial charge < -0.3 is 115 Å². The molecule has 342 valence electrons. The van der Waals surface area contributed by atoms with Crippen LogP contribution >= 0.6 is 0 Å². The molecule has 0 radical (unpaired) electrons. The molecule has 0 saturated carbocycles. The summed E-state index contributed by atoms with van der Waals surface area (Å²) < 4.78 is 52.6. The summed E-state index contributed by atoms with van der Waals surface area (Å²) in [6, 6.07) is -3.18. The van der Waals surface area contributed by atoms with Crippen LogP contribution in [0, 0.1) is 0 Å². The van der Waals surface area contributed by atoms with Gasteiger partial charge in [0.25, 0.3) is 0 Å². The van der Waals surface area contributed by atoms with E-state index in [1.54, 1.807) is 0 Å². The van der Waals surface area contributed by atoms with Crippen LogP contribution in [-0.4, -0.2) is 240 Å². The van der Waals surface area contributed by atoms with Crippen LogP contribution in [-0.2, 0) is 52.2 Å². The van der Waals surface area contributed by atoms with Crippen LogP contribution in [0.5, 0.6) is 0 Å². The van der Waals surface area contributed by atoms with Gasteiger partial charge in [-0.3, -0.25) is 9.59 Å². The van der Waals surface area contributed by atoms with Crippen molar-refractivity contribution in [2.45, 2.75) is 188 Å². The number of carbonyl (C=O) groups is 2. The Kier molecular flexibility index (Phi) is 16.4. The van der Waals surface area contributed by atoms with Gasteiger partial charge in [-0.2, -0.15) is 0 Å². The monoisotopic (exact) mass is 862 g/mol. The zero-order valence-corrected chi connectivity index (χ0v) is 32.7. The smallest absolute Gasteiger partial charge is 0.217 e. The Morgan fingerprint density at radius 2 is 0.898 bits per heavy atom. The van der Waals surface area contributed by atoms with Crippen LogP contribution in [0.15, 0.2) is 0 Å². The summed E-state index contributed by atoms with van der Waals surface area (Å²) in [6.07, 6.45) is -38.4. The molecule has 0 aromatic carbocycles. The number of aliphatic hydroxyl groups is 12. The lowest BCUT2D eigenvalue weighted by Crippen LogP contribution is -2.70. The molecule has 59 heavy (non-hydrogen) atoms. The Hall–Kier alpha value is -1.90. The highest BCUT2D eigenvalue weighted by atomic mass is 16.8. The fourth-order valence-corrected chi connectivity index (χ4v) is 7.64. The van der Waals surface area contributed by atoms with Gasteiger partial charge in [0, 0.05) is 13.8 Å². The molecular weight excluding hydrogens is 804 g/mol. The number of ether oxygens (including phenoxy) is 9. The number of hydrogen-bond acceptors (Lipinski definition) is 23. The summed E-state index contributed by atoms with van der Waals surface area (Å²) in [7, 11) is 0. The minimum Gasteiger partial charge on any atom is -0.394 e. The number of nitrogens with one attached hydrogen (secondary N) is 2. The highest BCUT2D eigenvalue weighted by Crippen LogP contribution is 2.37. The van der Waals surface area contributed by atoms with E-state index < -0.39 is 178 Å². The van der Waals surface area contributed by atoms with Gasteiger partial charge in [-0.05, 0) is 20.8 Å². The maximum atomic E-state index is 12.4. The Morgan fingerprint density at radius 3 is 1.47 bits per heavy atom. The maximum Gasteiger partial charge on any atom is 0.217 e. The number of amides is 2. The van der Waals surface area contributed by atoms with Gasteiger partial charge >= 0.3 is 0 Å². The van der Waals surface area contributed by atoms with E-state index in [9.17, 15) is 70.9 Å². The third-order valence-corrected chi connectivity index (χ3v) is 11.0. The van der Waals surface area contributed by atoms with E-state index >= 15 is 0 Å². The molecule has 5 aliphatic heterocycles. The number of aliphatic hydroxyl groups excluding tert-OH is 12. The van der Waals surface area contributed by atoms with Gasteiger partial charge in [0.1, 0.15) is 104 Å². The van der Waals surface area contributed by atoms with Crippen molar-refractivity contribution in [1.29, 1.82) is 0 Å². The molecule has 25 nitrogen and oxygen atoms in total. The average Bonchev–Trinajstić information content (AvgIpc) is 3.18. The van der Waals surface area contributed by atoms with Crippen molar-refractivity contribution in [2.75, 3.05) is 13.2 Å². The van der Waals surface area contributed by atoms with E-state index in [1.807, 2.05) is 0 Å². The minimum atomic E-state index is -1.92. The fraction of sp³-hybridized carbons (Fsp3) is 0.941. The predicted molar refractivity (Wildman–Crippen MR) is 185 cm³/mol. The molecule has 5 rings (SSSR count). The van der Waals surface area contributed by atoms with Crippen LogP contribution < -0.4 is 10.6 Å². The minimum absolute atomic E-state index is 0.728. The molecule has 5 aliphatic rings. The lowest BCUT2D eigenvalue weighted by molar-refractivity contribution is -0.397. The molecule has 5 heterocycles. The maximum absolute atomic E-state index is 12.4. The van der Waals surface area contributed by atoms with Crippen LogP contribution in [0.1, 0.15) is 34.6 Å². The largest absolute Gasteiger partial charge is 0.394 e. The van der Waals surface area contributed by atoms with E-state index in [0.29, 0.717) is 0 Å². The van der Waals surface area contributed by atoms with Crippen molar-refractivity contribution in [1.82, 2.24) is 10.6 Å². The van der Waals surface area contributed by atoms with Crippen LogP contribution in [0.4, 0.5) is 0 Å². The molecule has 25 atom stereocenters. The third-order valence-electron chi connectivity index (χ3n) is 11.0. The summed E-state index contributed by atoms with van der Waals surface area (Å²) in [6.45, 7) is 4.48. The average molecular weight is 863 g/mol. The number of rotatable bonds is 12. The third kappa shape index (κ3) is 10.3. The summed E-state index contributed by atoms with van der Waals surface area (Å²) in [5.74, 6) is -1.46. The SMILES string of the molecule is CC(=O)N[C@@H]1[C@@H](O[C@H]2[C@H](O[C@H]3[C@H](O)[C@@H](NC(C)=O)[C@H](O[C@@H]4[C@@H](O)[C@H](C)O[C@@H](O)[C@@H]4O)O[C@@H]3CO)O[C@@H](C)[C@H](O)[C@H]2O[C@@H]2O[C@@H](C)[C@H](O)[C@@H](O)[C@H]2O)O[C@H](CO)[C@@H](O)[C@@H]1O. The standard InChI is InChI=1S/C34H58N2O23/c1-8-17(41)23(47)24(48)33(52-8)58-28-19(43)10(3)53-34(29(28)59-31-15(35-11(4)39)21(45)20(44)13(6-37)54-31)56-26-14(7-38)55-32(16(22(26)46)36-12(5)40)57-27-18(42)9(2)51-30(50)25(27)49/h8-10,13-34,37-38,41-50H,6-7H2,1-5H3,(H,35,39)(H,36,40)/t8-,9-,10-,13+,14+,15-,16+,17-,18-,19-,20+,21+,22+,23+,24+,25+,26+,27+,28+,29+,30+,31+,32-,33-,34-/m0/s1. The lowest BCUT2D eigenvalue weighted by Gasteiger charge is -2.51. The van der Waals surface area contributed by atoms with E-state index in [4.69, 9.17) is 42.6 Å². The molecular formula is C34H58N2O23. The van der Waals surface area contributed by atoms with Crippen molar-refractivity contribution in [3.8, 4) is 0 Å². The molecule has 0 bridgehead atoms. The molecule has 2 amide bonds. The highest BCUT2D eigenvalue weighted by molar-refractivity contribution is 5.73. The molecule has 5 fully saturated rings. The Labute approximate surface area is 337 Å². The van der Waals surface area contributed by atoms with Gasteiger partial charge in [0.05, 0.1) is 31.5 Å². The molecule has 0 spiro atoms. The van der Waals surface area contributed by atoms with Crippen molar-refractivity contribution < 1.29 is 113 Å². The van der Waals surface area contributed by atoms with E-state index in [1.165, 1.54) is 20.8 Å². The zero-order chi connectivity index (χ0) is 43.8. The summed E-state index contributed by atoms with van der Waals surface area (Å²) >= 11 is 0. The first kappa shape index (κ1) is 48.1. The van der Waals surface area contributed by atoms with Crippen molar-refractivity contribution in [2.24, 2.45) is 0 Å². The molecule has 0 unspecified atom stereocenters. The lowest BCUT2D eigenvalue weighted by atomic mass is 9.94. The van der Waals surface area contributed by atoms with Gasteiger partial charge in [0.2, 0.25) is 11.8 Å². The van der Waals surface area contributed by atoms with Crippen LogP contribution in [0.2, 0.25) is 0 Å². The topological polar surface area (TPSA) is 384 Å². The first-order valence-corrected chi connectivity index (χ1v) is 19.2. The van der Waals surface area contributed by atoms with Gasteiger partial charge in [-0.15, -0.1) is 0 Å². The molecule has 0 aromatic heterocycles. The zero-order valence-electron chi connectivity index (χ0n) is 32.7. The number of hydrogen-bond donors (Lipinski definition) is 14. The summed E-state index contributed by atoms with van der Waals surface area (Å²) in [5, 5.41) is 133. The molecule has 0 aromatic rings. The van der Waals surface area contributed by atoms with Gasteiger partial charge in [-0.25, -0.2) is 0 Å². The van der Waals surface area contributed by atoms with Gasteiger partial charge in [-0.1, -0.05) is 0 Å². The Balaban J connectivity index is 1.51. The van der Waals surface area contributed by atoms with E-state index in [2.05, 4.69) is 10.6 Å². The van der Waals surface area contributed by atoms with Crippen LogP contribution in [0.25, 0.3) is 0 Å². The molecule has 0 aliphatic carbocycles. The molecule has 14 N–H and O–H groups in total. The van der Waals surface area contributed by atoms with Crippen molar-refractivity contribution in [3.05, 3.63) is 0 Å². The second-order valence-corrected chi connectivity index (χ2v) is 15.4. The first-order chi connectivity index (χ1) is 27.7. The second kappa shape index (κ2) is 20.1. The Morgan fingerprint density at radius 1 is 0.441 bits per heavy atom. The summed E-state index contributed by atoms with van der Waals surface area (Å²) in [5.41, 5.74) is 0.